The maximum Gasteiger partial charge on any atom is 0.407 e. The zero-order valence-corrected chi connectivity index (χ0v) is 27.4. The third kappa shape index (κ3) is 7.07. The van der Waals surface area contributed by atoms with E-state index in [4.69, 9.17) is 15.5 Å². The lowest BCUT2D eigenvalue weighted by Crippen LogP contribution is -2.52. The molecule has 5 N–H and O–H groups in total. The monoisotopic (exact) mass is 654 g/mol. The van der Waals surface area contributed by atoms with Crippen LogP contribution in [0.2, 0.25) is 0 Å². The van der Waals surface area contributed by atoms with Gasteiger partial charge in [0.1, 0.15) is 23.1 Å². The molecule has 4 heterocycles. The summed E-state index contributed by atoms with van der Waals surface area (Å²) in [5, 5.41) is 26.0. The van der Waals surface area contributed by atoms with Crippen LogP contribution < -0.4 is 26.0 Å². The number of methoxy groups -OCH3 is 1. The Bertz CT molecular complexity index is 1680. The standard InChI is InChI=1S/C34H42N10O4/c1-41-16-18-43(19-17-41)25-11-14-42(15-12-25)24-8-6-22(7-9-24)37-33-30(31(36)45)39-29(26-4-3-5-28(48-2)27(26)20-35)32(40-33)38-23-10-13-44(21-23)34(46)47/h3-9,23,25H,10-19,21H2,1-2H3,(H2,36,45)(H,46,47)(H2,37,38,40)/t23-/m1/s1. The first-order valence-corrected chi connectivity index (χ1v) is 16.3. The van der Waals surface area contributed by atoms with Crippen LogP contribution in [0.5, 0.6) is 5.75 Å². The fraction of sp³-hybridized carbons (Fsp3) is 0.441. The van der Waals surface area contributed by atoms with E-state index in [2.05, 4.69) is 55.6 Å². The Morgan fingerprint density at radius 1 is 0.979 bits per heavy atom. The van der Waals surface area contributed by atoms with Gasteiger partial charge in [0, 0.05) is 81.4 Å². The van der Waals surface area contributed by atoms with Crippen LogP contribution in [0.3, 0.4) is 0 Å². The number of anilines is 4. The number of hydrogen-bond acceptors (Lipinski definition) is 11. The number of benzene rings is 2. The van der Waals surface area contributed by atoms with Gasteiger partial charge in [-0.1, -0.05) is 12.1 Å². The van der Waals surface area contributed by atoms with Crippen LogP contribution in [-0.4, -0.2) is 120 Å². The highest BCUT2D eigenvalue weighted by Crippen LogP contribution is 2.36. The van der Waals surface area contributed by atoms with E-state index in [0.717, 1.165) is 57.8 Å². The highest BCUT2D eigenvalue weighted by atomic mass is 16.5. The number of nitrogens with two attached hydrogens (primary N) is 1. The average Bonchev–Trinajstić information content (AvgIpc) is 3.58. The number of carbonyl (C=O) groups excluding carboxylic acids is 1. The van der Waals surface area contributed by atoms with E-state index in [0.29, 0.717) is 36.0 Å². The normalized spacial score (nSPS) is 19.1. The first-order chi connectivity index (χ1) is 23.2. The lowest BCUT2D eigenvalue weighted by molar-refractivity contribution is 0.0982. The molecule has 3 aliphatic rings. The molecule has 2 amide bonds. The molecule has 48 heavy (non-hydrogen) atoms. The molecule has 0 bridgehead atoms. The van der Waals surface area contributed by atoms with Gasteiger partial charge in [0.05, 0.1) is 7.11 Å². The molecule has 0 saturated carbocycles. The first kappa shape index (κ1) is 32.8. The Labute approximate surface area is 280 Å². The third-order valence-corrected chi connectivity index (χ3v) is 9.56. The zero-order valence-electron chi connectivity index (χ0n) is 27.4. The Morgan fingerprint density at radius 3 is 2.33 bits per heavy atom. The Kier molecular flexibility index (Phi) is 9.79. The number of piperazine rings is 1. The fourth-order valence-electron chi connectivity index (χ4n) is 6.81. The van der Waals surface area contributed by atoms with E-state index >= 15 is 0 Å². The summed E-state index contributed by atoms with van der Waals surface area (Å²) < 4.78 is 5.41. The first-order valence-electron chi connectivity index (χ1n) is 16.3. The van der Waals surface area contributed by atoms with Crippen molar-refractivity contribution >= 4 is 35.0 Å². The van der Waals surface area contributed by atoms with E-state index in [9.17, 15) is 20.0 Å². The van der Waals surface area contributed by atoms with Crippen LogP contribution in [0.25, 0.3) is 11.3 Å². The molecule has 0 radical (unpaired) electrons. The van der Waals surface area contributed by atoms with Crippen molar-refractivity contribution in [3.8, 4) is 23.1 Å². The number of likely N-dealkylation sites (tertiary alicyclic amines) is 1. The van der Waals surface area contributed by atoms with Crippen LogP contribution in [0, 0.1) is 11.3 Å². The maximum atomic E-state index is 12.7. The van der Waals surface area contributed by atoms with Crippen LogP contribution in [0.1, 0.15) is 35.3 Å². The molecular formula is C34H42N10O4. The predicted octanol–water partition coefficient (Wildman–Crippen LogP) is 3.25. The summed E-state index contributed by atoms with van der Waals surface area (Å²) in [6.45, 7) is 7.12. The highest BCUT2D eigenvalue weighted by Gasteiger charge is 2.30. The number of carboxylic acid groups (broad SMARTS) is 1. The largest absolute Gasteiger partial charge is 0.495 e. The molecule has 3 aliphatic heterocycles. The lowest BCUT2D eigenvalue weighted by Gasteiger charge is -2.42. The van der Waals surface area contributed by atoms with Gasteiger partial charge in [-0.15, -0.1) is 0 Å². The Balaban J connectivity index is 1.25. The zero-order chi connectivity index (χ0) is 33.8. The second kappa shape index (κ2) is 14.3. The number of ether oxygens (including phenoxy) is 1. The number of rotatable bonds is 9. The van der Waals surface area contributed by atoms with Crippen molar-refractivity contribution in [1.82, 2.24) is 24.7 Å². The Morgan fingerprint density at radius 2 is 1.71 bits per heavy atom. The van der Waals surface area contributed by atoms with Gasteiger partial charge in [0.25, 0.3) is 5.91 Å². The van der Waals surface area contributed by atoms with Crippen molar-refractivity contribution in [3.63, 3.8) is 0 Å². The summed E-state index contributed by atoms with van der Waals surface area (Å²) >= 11 is 0. The van der Waals surface area contributed by atoms with E-state index in [1.165, 1.54) is 12.0 Å². The van der Waals surface area contributed by atoms with E-state index < -0.39 is 12.0 Å². The second-order valence-corrected chi connectivity index (χ2v) is 12.6. The summed E-state index contributed by atoms with van der Waals surface area (Å²) in [4.78, 5) is 42.5. The van der Waals surface area contributed by atoms with Crippen LogP contribution in [0.15, 0.2) is 42.5 Å². The molecule has 1 aromatic heterocycles. The van der Waals surface area contributed by atoms with E-state index in [-0.39, 0.29) is 41.2 Å². The topological polar surface area (TPSA) is 176 Å². The summed E-state index contributed by atoms with van der Waals surface area (Å²) in [7, 11) is 3.65. The second-order valence-electron chi connectivity index (χ2n) is 12.6. The summed E-state index contributed by atoms with van der Waals surface area (Å²) in [5.41, 5.74) is 8.39. The minimum atomic E-state index is -1.00. The molecule has 14 nitrogen and oxygen atoms in total. The maximum absolute atomic E-state index is 12.7. The molecule has 0 spiro atoms. The molecule has 3 aromatic rings. The van der Waals surface area contributed by atoms with Gasteiger partial charge < -0.3 is 40.9 Å². The van der Waals surface area contributed by atoms with Crippen LogP contribution in [0.4, 0.5) is 27.8 Å². The number of carbonyl (C=O) groups is 2. The van der Waals surface area contributed by atoms with E-state index in [1.54, 1.807) is 18.2 Å². The molecule has 3 saturated heterocycles. The smallest absolute Gasteiger partial charge is 0.407 e. The molecule has 0 unspecified atom stereocenters. The quantitative estimate of drug-likeness (QED) is 0.265. The molecule has 14 heteroatoms. The summed E-state index contributed by atoms with van der Waals surface area (Å²) in [6, 6.07) is 15.6. The highest BCUT2D eigenvalue weighted by molar-refractivity contribution is 5.98. The molecular weight excluding hydrogens is 612 g/mol. The van der Waals surface area contributed by atoms with Gasteiger partial charge in [-0.2, -0.15) is 5.26 Å². The van der Waals surface area contributed by atoms with Gasteiger partial charge in [0.2, 0.25) is 0 Å². The Hall–Kier alpha value is -5.13. The summed E-state index contributed by atoms with van der Waals surface area (Å²) in [5.74, 6) is -0.0302. The van der Waals surface area contributed by atoms with Crippen molar-refractivity contribution < 1.29 is 19.4 Å². The van der Waals surface area contributed by atoms with Crippen molar-refractivity contribution in [2.75, 3.05) is 82.0 Å². The molecule has 1 atom stereocenters. The van der Waals surface area contributed by atoms with Gasteiger partial charge in [-0.3, -0.25) is 9.69 Å². The van der Waals surface area contributed by atoms with Crippen molar-refractivity contribution in [2.24, 2.45) is 5.73 Å². The minimum Gasteiger partial charge on any atom is -0.495 e. The summed E-state index contributed by atoms with van der Waals surface area (Å²) in [6.07, 6.45) is 1.81. The fourth-order valence-corrected chi connectivity index (χ4v) is 6.81. The molecule has 2 aromatic carbocycles. The van der Waals surface area contributed by atoms with Crippen molar-refractivity contribution in [2.45, 2.75) is 31.3 Å². The van der Waals surface area contributed by atoms with Crippen molar-refractivity contribution in [3.05, 3.63) is 53.7 Å². The molecule has 6 rings (SSSR count). The van der Waals surface area contributed by atoms with Gasteiger partial charge in [-0.25, -0.2) is 14.8 Å². The third-order valence-electron chi connectivity index (χ3n) is 9.56. The predicted molar refractivity (Wildman–Crippen MR) is 183 cm³/mol. The average molecular weight is 655 g/mol. The number of piperidine rings is 1. The van der Waals surface area contributed by atoms with Gasteiger partial charge in [-0.05, 0) is 56.6 Å². The molecule has 252 valence electrons. The molecule has 3 fully saturated rings. The lowest BCUT2D eigenvalue weighted by atomic mass is 10.0. The number of hydrogen-bond donors (Lipinski definition) is 4. The molecule has 0 aliphatic carbocycles. The number of primary amides is 1. The number of nitrogens with zero attached hydrogens (tertiary/aromatic N) is 7. The number of nitrogens with one attached hydrogen (secondary N) is 2. The van der Waals surface area contributed by atoms with Crippen LogP contribution >= 0.6 is 0 Å². The number of nitriles is 1. The number of aromatic nitrogens is 2. The van der Waals surface area contributed by atoms with Gasteiger partial charge >= 0.3 is 6.09 Å². The van der Waals surface area contributed by atoms with Gasteiger partial charge in [0.15, 0.2) is 17.3 Å². The number of amides is 2. The minimum absolute atomic E-state index is 0.101. The van der Waals surface area contributed by atoms with Crippen molar-refractivity contribution in [1.29, 1.82) is 5.26 Å². The van der Waals surface area contributed by atoms with E-state index in [1.807, 2.05) is 12.1 Å². The van der Waals surface area contributed by atoms with Crippen LogP contribution in [-0.2, 0) is 0 Å². The SMILES string of the molecule is COc1cccc(-c2nc(C(N)=O)c(Nc3ccc(N4CCC(N5CCN(C)CC5)CC4)cc3)nc2N[C@@H]2CCN(C(=O)O)C2)c1C#N. The number of likely N-dealkylation sites (N-methyl/N-ethyl adjacent to an activating group) is 1.